The summed E-state index contributed by atoms with van der Waals surface area (Å²) in [5.74, 6) is 0. The smallest absolute Gasteiger partial charge is 0.315 e. The average Bonchev–Trinajstić information content (AvgIpc) is 2.60. The third kappa shape index (κ3) is 6.40. The molecular formula is C19H24N2O3. The highest BCUT2D eigenvalue weighted by Gasteiger charge is 2.07. The van der Waals surface area contributed by atoms with E-state index < -0.39 is 6.10 Å². The molecule has 0 aliphatic rings. The number of ether oxygens (including phenoxy) is 1. The van der Waals surface area contributed by atoms with Crippen molar-refractivity contribution in [1.29, 1.82) is 0 Å². The van der Waals surface area contributed by atoms with Gasteiger partial charge in [0.2, 0.25) is 0 Å². The zero-order valence-electron chi connectivity index (χ0n) is 13.9. The third-order valence-electron chi connectivity index (χ3n) is 3.60. The van der Waals surface area contributed by atoms with Crippen molar-refractivity contribution in [1.82, 2.24) is 10.6 Å². The van der Waals surface area contributed by atoms with Crippen LogP contribution in [0.25, 0.3) is 0 Å². The van der Waals surface area contributed by atoms with Crippen molar-refractivity contribution >= 4 is 6.03 Å². The Labute approximate surface area is 142 Å². The van der Waals surface area contributed by atoms with Gasteiger partial charge in [-0.1, -0.05) is 54.6 Å². The second kappa shape index (κ2) is 9.70. The minimum atomic E-state index is -0.605. The molecule has 5 nitrogen and oxygen atoms in total. The maximum Gasteiger partial charge on any atom is 0.315 e. The summed E-state index contributed by atoms with van der Waals surface area (Å²) in [4.78, 5) is 11.8. The van der Waals surface area contributed by atoms with Crippen LogP contribution in [0, 0.1) is 0 Å². The molecule has 1 unspecified atom stereocenters. The van der Waals surface area contributed by atoms with E-state index in [9.17, 15) is 9.90 Å². The van der Waals surface area contributed by atoms with Crippen LogP contribution in [0.5, 0.6) is 0 Å². The second-order valence-electron chi connectivity index (χ2n) is 5.66. The number of hydrogen-bond acceptors (Lipinski definition) is 3. The Bertz CT molecular complexity index is 614. The minimum Gasteiger partial charge on any atom is -0.391 e. The van der Waals surface area contributed by atoms with Gasteiger partial charge in [-0.05, 0) is 16.7 Å². The Hall–Kier alpha value is -2.37. The molecule has 2 aromatic rings. The summed E-state index contributed by atoms with van der Waals surface area (Å²) in [7, 11) is 1.66. The van der Waals surface area contributed by atoms with Crippen LogP contribution < -0.4 is 10.6 Å². The number of aliphatic hydroxyl groups excluding tert-OH is 1. The molecule has 0 aliphatic heterocycles. The SMILES string of the molecule is COCc1ccc(CNC(=O)NCC(O)Cc2ccccc2)cc1. The first-order chi connectivity index (χ1) is 11.7. The van der Waals surface area contributed by atoms with Crippen LogP contribution in [0.4, 0.5) is 4.79 Å². The number of amides is 2. The topological polar surface area (TPSA) is 70.6 Å². The Morgan fingerprint density at radius 2 is 1.67 bits per heavy atom. The summed E-state index contributed by atoms with van der Waals surface area (Å²) in [6.07, 6.45) is -0.0892. The number of hydrogen-bond donors (Lipinski definition) is 3. The molecule has 128 valence electrons. The molecule has 0 aromatic heterocycles. The van der Waals surface area contributed by atoms with E-state index in [2.05, 4.69) is 10.6 Å². The monoisotopic (exact) mass is 328 g/mol. The lowest BCUT2D eigenvalue weighted by Gasteiger charge is -2.13. The third-order valence-corrected chi connectivity index (χ3v) is 3.60. The normalized spacial score (nSPS) is 11.8. The number of carbonyl (C=O) groups is 1. The molecule has 0 spiro atoms. The quantitative estimate of drug-likeness (QED) is 0.696. The molecule has 2 rings (SSSR count). The highest BCUT2D eigenvalue weighted by molar-refractivity contribution is 5.73. The van der Waals surface area contributed by atoms with E-state index in [0.717, 1.165) is 16.7 Å². The van der Waals surface area contributed by atoms with Crippen LogP contribution in [-0.2, 0) is 24.3 Å². The average molecular weight is 328 g/mol. The van der Waals surface area contributed by atoms with Crippen molar-refractivity contribution in [2.24, 2.45) is 0 Å². The largest absolute Gasteiger partial charge is 0.391 e. The van der Waals surface area contributed by atoms with Crippen LogP contribution in [0.15, 0.2) is 54.6 Å². The maximum absolute atomic E-state index is 11.8. The van der Waals surface area contributed by atoms with Gasteiger partial charge < -0.3 is 20.5 Å². The number of rotatable bonds is 8. The highest BCUT2D eigenvalue weighted by Crippen LogP contribution is 2.05. The predicted molar refractivity (Wildman–Crippen MR) is 93.5 cm³/mol. The number of aliphatic hydroxyl groups is 1. The molecule has 0 radical (unpaired) electrons. The fourth-order valence-electron chi connectivity index (χ4n) is 2.33. The second-order valence-corrected chi connectivity index (χ2v) is 5.66. The van der Waals surface area contributed by atoms with E-state index in [4.69, 9.17) is 4.74 Å². The van der Waals surface area contributed by atoms with Crippen molar-refractivity contribution in [3.63, 3.8) is 0 Å². The molecule has 0 bridgehead atoms. The molecule has 0 heterocycles. The summed E-state index contributed by atoms with van der Waals surface area (Å²) < 4.78 is 5.06. The lowest BCUT2D eigenvalue weighted by Crippen LogP contribution is -2.39. The van der Waals surface area contributed by atoms with Crippen LogP contribution in [0.2, 0.25) is 0 Å². The van der Waals surface area contributed by atoms with Crippen LogP contribution >= 0.6 is 0 Å². The Morgan fingerprint density at radius 1 is 1.00 bits per heavy atom. The van der Waals surface area contributed by atoms with Crippen molar-refractivity contribution in [2.75, 3.05) is 13.7 Å². The van der Waals surface area contributed by atoms with Crippen LogP contribution in [0.1, 0.15) is 16.7 Å². The fourth-order valence-corrected chi connectivity index (χ4v) is 2.33. The van der Waals surface area contributed by atoms with Gasteiger partial charge in [-0.25, -0.2) is 4.79 Å². The fraction of sp³-hybridized carbons (Fsp3) is 0.316. The predicted octanol–water partition coefficient (Wildman–Crippen LogP) is 2.24. The van der Waals surface area contributed by atoms with Gasteiger partial charge in [0.25, 0.3) is 0 Å². The number of urea groups is 1. The van der Waals surface area contributed by atoms with Gasteiger partial charge in [0, 0.05) is 26.6 Å². The zero-order valence-corrected chi connectivity index (χ0v) is 13.9. The standard InChI is InChI=1S/C19H24N2O3/c1-24-14-17-9-7-16(8-10-17)12-20-19(23)21-13-18(22)11-15-5-3-2-4-6-15/h2-10,18,22H,11-14H2,1H3,(H2,20,21,23). The Kier molecular flexibility index (Phi) is 7.26. The highest BCUT2D eigenvalue weighted by atomic mass is 16.5. The van der Waals surface area contributed by atoms with Crippen LogP contribution in [-0.4, -0.2) is 30.9 Å². The molecule has 0 saturated heterocycles. The number of benzene rings is 2. The van der Waals surface area contributed by atoms with E-state index in [1.54, 1.807) is 7.11 Å². The van der Waals surface area contributed by atoms with Gasteiger partial charge >= 0.3 is 6.03 Å². The van der Waals surface area contributed by atoms with Gasteiger partial charge in [-0.3, -0.25) is 0 Å². The van der Waals surface area contributed by atoms with E-state index in [-0.39, 0.29) is 12.6 Å². The van der Waals surface area contributed by atoms with Crippen molar-refractivity contribution in [3.05, 3.63) is 71.3 Å². The summed E-state index contributed by atoms with van der Waals surface area (Å²) in [5.41, 5.74) is 3.15. The summed E-state index contributed by atoms with van der Waals surface area (Å²) in [5, 5.41) is 15.4. The van der Waals surface area contributed by atoms with Crippen molar-refractivity contribution < 1.29 is 14.6 Å². The molecule has 2 amide bonds. The summed E-state index contributed by atoms with van der Waals surface area (Å²) in [6.45, 7) is 1.23. The van der Waals surface area contributed by atoms with E-state index in [1.807, 2.05) is 54.6 Å². The minimum absolute atomic E-state index is 0.216. The first-order valence-corrected chi connectivity index (χ1v) is 7.98. The Balaban J connectivity index is 1.67. The molecular weight excluding hydrogens is 304 g/mol. The van der Waals surface area contributed by atoms with E-state index in [0.29, 0.717) is 19.6 Å². The van der Waals surface area contributed by atoms with Gasteiger partial charge in [0.1, 0.15) is 0 Å². The lowest BCUT2D eigenvalue weighted by atomic mass is 10.1. The first kappa shape index (κ1) is 18.0. The molecule has 24 heavy (non-hydrogen) atoms. The van der Waals surface area contributed by atoms with E-state index in [1.165, 1.54) is 0 Å². The van der Waals surface area contributed by atoms with E-state index >= 15 is 0 Å². The summed E-state index contributed by atoms with van der Waals surface area (Å²) in [6, 6.07) is 17.3. The molecule has 2 aromatic carbocycles. The first-order valence-electron chi connectivity index (χ1n) is 7.98. The van der Waals surface area contributed by atoms with Gasteiger partial charge in [-0.2, -0.15) is 0 Å². The molecule has 0 saturated carbocycles. The molecule has 5 heteroatoms. The van der Waals surface area contributed by atoms with Crippen molar-refractivity contribution in [2.45, 2.75) is 25.7 Å². The van der Waals surface area contributed by atoms with Gasteiger partial charge in [0.05, 0.1) is 12.7 Å². The molecule has 3 N–H and O–H groups in total. The van der Waals surface area contributed by atoms with Gasteiger partial charge in [-0.15, -0.1) is 0 Å². The molecule has 1 atom stereocenters. The number of carbonyl (C=O) groups excluding carboxylic acids is 1. The number of methoxy groups -OCH3 is 1. The molecule has 0 aliphatic carbocycles. The zero-order chi connectivity index (χ0) is 17.2. The number of nitrogens with one attached hydrogen (secondary N) is 2. The lowest BCUT2D eigenvalue weighted by molar-refractivity contribution is 0.170. The van der Waals surface area contributed by atoms with Crippen LogP contribution in [0.3, 0.4) is 0 Å². The summed E-state index contributed by atoms with van der Waals surface area (Å²) >= 11 is 0. The van der Waals surface area contributed by atoms with Gasteiger partial charge in [0.15, 0.2) is 0 Å². The maximum atomic E-state index is 11.8. The Morgan fingerprint density at radius 3 is 2.33 bits per heavy atom. The molecule has 0 fully saturated rings. The van der Waals surface area contributed by atoms with Crippen molar-refractivity contribution in [3.8, 4) is 0 Å².